The highest BCUT2D eigenvalue weighted by Gasteiger charge is 2.44. The number of amides is 1. The molecule has 1 aromatic rings. The van der Waals surface area contributed by atoms with Crippen molar-refractivity contribution in [3.05, 3.63) is 29.8 Å². The summed E-state index contributed by atoms with van der Waals surface area (Å²) in [6, 6.07) is 7.56. The molecule has 0 saturated heterocycles. The molecule has 31 heavy (non-hydrogen) atoms. The third-order valence-electron chi connectivity index (χ3n) is 5.14. The quantitative estimate of drug-likeness (QED) is 0.300. The minimum absolute atomic E-state index is 0.0160. The fourth-order valence-corrected chi connectivity index (χ4v) is 6.63. The van der Waals surface area contributed by atoms with Gasteiger partial charge in [-0.25, -0.2) is 9.59 Å². The van der Waals surface area contributed by atoms with Crippen LogP contribution in [0.5, 0.6) is 5.75 Å². The predicted octanol–water partition coefficient (Wildman–Crippen LogP) is 5.68. The highest BCUT2D eigenvalue weighted by atomic mass is 35.5. The summed E-state index contributed by atoms with van der Waals surface area (Å²) in [6.45, 7) is 16.1. The molecule has 1 aromatic carbocycles. The number of carbonyl (C=O) groups excluding carboxylic acids is 2. The number of nitrogens with one attached hydrogen (secondary N) is 1. The Kier molecular flexibility index (Phi) is 9.45. The first-order chi connectivity index (χ1) is 14.1. The zero-order valence-electron chi connectivity index (χ0n) is 20.3. The lowest BCUT2D eigenvalue weighted by atomic mass is 10.1. The Morgan fingerprint density at radius 3 is 2.06 bits per heavy atom. The molecule has 0 aliphatic rings. The zero-order chi connectivity index (χ0) is 24.0. The van der Waals surface area contributed by atoms with Crippen LogP contribution in [0.2, 0.25) is 17.6 Å². The van der Waals surface area contributed by atoms with E-state index in [1.807, 2.05) is 31.2 Å². The Balaban J connectivity index is 2.94. The SMILES string of the molecule is COC(=O)C(Cc1ccc(O[Si](C)(CC(C)Cl)C(C)(C)C)cc1)NC(=O)OC(C)(C)C. The molecule has 0 aromatic heterocycles. The van der Waals surface area contributed by atoms with E-state index in [2.05, 4.69) is 32.6 Å². The highest BCUT2D eigenvalue weighted by Crippen LogP contribution is 2.41. The lowest BCUT2D eigenvalue weighted by Crippen LogP contribution is -2.48. The molecule has 0 aliphatic heterocycles. The van der Waals surface area contributed by atoms with Crippen LogP contribution in [0.15, 0.2) is 24.3 Å². The van der Waals surface area contributed by atoms with Crippen molar-refractivity contribution in [2.75, 3.05) is 7.11 Å². The number of esters is 1. The van der Waals surface area contributed by atoms with E-state index < -0.39 is 32.0 Å². The maximum atomic E-state index is 12.2. The van der Waals surface area contributed by atoms with Gasteiger partial charge in [-0.15, -0.1) is 11.6 Å². The third-order valence-corrected chi connectivity index (χ3v) is 10.8. The van der Waals surface area contributed by atoms with E-state index in [1.165, 1.54) is 7.11 Å². The van der Waals surface area contributed by atoms with Crippen molar-refractivity contribution in [2.45, 2.75) is 89.5 Å². The summed E-state index contributed by atoms with van der Waals surface area (Å²) in [5, 5.41) is 2.65. The average molecular weight is 472 g/mol. The number of halogens is 1. The Morgan fingerprint density at radius 2 is 1.65 bits per heavy atom. The number of alkyl halides is 1. The topological polar surface area (TPSA) is 73.9 Å². The van der Waals surface area contributed by atoms with Crippen molar-refractivity contribution in [3.8, 4) is 5.75 Å². The van der Waals surface area contributed by atoms with Gasteiger partial charge in [0.2, 0.25) is 0 Å². The van der Waals surface area contributed by atoms with Gasteiger partial charge < -0.3 is 19.2 Å². The van der Waals surface area contributed by atoms with Gasteiger partial charge in [-0.05, 0) is 63.0 Å². The average Bonchev–Trinajstić information content (AvgIpc) is 2.58. The molecule has 0 fully saturated rings. The summed E-state index contributed by atoms with van der Waals surface area (Å²) in [4.78, 5) is 24.3. The van der Waals surface area contributed by atoms with Crippen molar-refractivity contribution in [2.24, 2.45) is 0 Å². The van der Waals surface area contributed by atoms with E-state index in [0.29, 0.717) is 0 Å². The monoisotopic (exact) mass is 471 g/mol. The lowest BCUT2D eigenvalue weighted by molar-refractivity contribution is -0.143. The van der Waals surface area contributed by atoms with Crippen LogP contribution >= 0.6 is 11.6 Å². The second-order valence-corrected chi connectivity index (χ2v) is 15.5. The van der Waals surface area contributed by atoms with Gasteiger partial charge in [-0.2, -0.15) is 0 Å². The molecule has 0 spiro atoms. The van der Waals surface area contributed by atoms with Crippen LogP contribution in [0, 0.1) is 0 Å². The summed E-state index contributed by atoms with van der Waals surface area (Å²) in [5.74, 6) is 0.245. The molecule has 1 rings (SSSR count). The summed E-state index contributed by atoms with van der Waals surface area (Å²) in [6.07, 6.45) is -0.385. The summed E-state index contributed by atoms with van der Waals surface area (Å²) >= 11 is 6.31. The molecule has 3 unspecified atom stereocenters. The van der Waals surface area contributed by atoms with Crippen molar-refractivity contribution in [3.63, 3.8) is 0 Å². The first kappa shape index (κ1) is 27.3. The molecular formula is C23H38ClNO5Si. The van der Waals surface area contributed by atoms with Gasteiger partial charge in [0, 0.05) is 11.8 Å². The normalized spacial score (nSPS) is 15.9. The minimum atomic E-state index is -2.15. The molecule has 3 atom stereocenters. The third kappa shape index (κ3) is 9.11. The van der Waals surface area contributed by atoms with Gasteiger partial charge in [0.05, 0.1) is 7.11 Å². The fourth-order valence-electron chi connectivity index (χ4n) is 3.01. The number of carbonyl (C=O) groups is 2. The van der Waals surface area contributed by atoms with E-state index >= 15 is 0 Å². The second-order valence-electron chi connectivity index (χ2n) is 10.1. The summed E-state index contributed by atoms with van der Waals surface area (Å²) in [7, 11) is -0.862. The van der Waals surface area contributed by atoms with Gasteiger partial charge in [0.1, 0.15) is 17.4 Å². The molecule has 1 amide bonds. The molecule has 8 heteroatoms. The number of methoxy groups -OCH3 is 1. The fraction of sp³-hybridized carbons (Fsp3) is 0.652. The Bertz CT molecular complexity index is 740. The molecule has 0 heterocycles. The van der Waals surface area contributed by atoms with E-state index in [0.717, 1.165) is 17.4 Å². The first-order valence-corrected chi connectivity index (χ1v) is 13.6. The van der Waals surface area contributed by atoms with Gasteiger partial charge >= 0.3 is 12.1 Å². The van der Waals surface area contributed by atoms with Crippen LogP contribution in [0.25, 0.3) is 0 Å². The standard InChI is InChI=1S/C23H38ClNO5Si/c1-16(24)15-31(9,23(5,6)7)30-18-12-10-17(11-13-18)14-19(20(26)28-8)25-21(27)29-22(2,3)4/h10-13,16,19H,14-15H2,1-9H3,(H,25,27). The maximum Gasteiger partial charge on any atom is 0.408 e. The van der Waals surface area contributed by atoms with Gasteiger partial charge in [0.15, 0.2) is 0 Å². The first-order valence-electron chi connectivity index (χ1n) is 10.6. The number of benzene rings is 1. The minimum Gasteiger partial charge on any atom is -0.543 e. The Hall–Kier alpha value is -1.73. The molecule has 0 saturated carbocycles. The maximum absolute atomic E-state index is 12.2. The zero-order valence-corrected chi connectivity index (χ0v) is 22.1. The van der Waals surface area contributed by atoms with Crippen molar-refractivity contribution in [1.82, 2.24) is 5.32 Å². The van der Waals surface area contributed by atoms with Crippen LogP contribution in [0.4, 0.5) is 4.79 Å². The van der Waals surface area contributed by atoms with Crippen LogP contribution in [-0.2, 0) is 20.7 Å². The number of ether oxygens (including phenoxy) is 2. The molecule has 0 bridgehead atoms. The molecular weight excluding hydrogens is 434 g/mol. The summed E-state index contributed by atoms with van der Waals surface area (Å²) < 4.78 is 16.6. The Morgan fingerprint density at radius 1 is 1.10 bits per heavy atom. The highest BCUT2D eigenvalue weighted by molar-refractivity contribution is 6.76. The molecule has 0 radical (unpaired) electrons. The smallest absolute Gasteiger partial charge is 0.408 e. The van der Waals surface area contributed by atoms with Crippen molar-refractivity contribution in [1.29, 1.82) is 0 Å². The van der Waals surface area contributed by atoms with E-state index in [9.17, 15) is 9.59 Å². The van der Waals surface area contributed by atoms with Crippen LogP contribution < -0.4 is 9.74 Å². The largest absolute Gasteiger partial charge is 0.543 e. The number of hydrogen-bond donors (Lipinski definition) is 1. The van der Waals surface area contributed by atoms with Crippen molar-refractivity contribution >= 4 is 32.0 Å². The molecule has 176 valence electrons. The lowest BCUT2D eigenvalue weighted by Gasteiger charge is -2.40. The van der Waals surface area contributed by atoms with Gasteiger partial charge in [-0.1, -0.05) is 32.9 Å². The number of hydrogen-bond acceptors (Lipinski definition) is 5. The predicted molar refractivity (Wildman–Crippen MR) is 127 cm³/mol. The van der Waals surface area contributed by atoms with Crippen molar-refractivity contribution < 1.29 is 23.5 Å². The van der Waals surface area contributed by atoms with Crippen LogP contribution in [-0.4, -0.2) is 44.5 Å². The van der Waals surface area contributed by atoms with E-state index in [4.69, 9.17) is 25.5 Å². The van der Waals surface area contributed by atoms with Crippen LogP contribution in [0.3, 0.4) is 0 Å². The molecule has 6 nitrogen and oxygen atoms in total. The van der Waals surface area contributed by atoms with Gasteiger partial charge in [0.25, 0.3) is 8.32 Å². The number of alkyl carbamates (subject to hydrolysis) is 1. The second kappa shape index (κ2) is 10.7. The van der Waals surface area contributed by atoms with E-state index in [1.54, 1.807) is 20.8 Å². The molecule has 1 N–H and O–H groups in total. The van der Waals surface area contributed by atoms with E-state index in [-0.39, 0.29) is 16.8 Å². The number of rotatable bonds is 8. The summed E-state index contributed by atoms with van der Waals surface area (Å²) in [5.41, 5.74) is 0.206. The van der Waals surface area contributed by atoms with Crippen LogP contribution in [0.1, 0.15) is 54.0 Å². The molecule has 0 aliphatic carbocycles. The Labute approximate surface area is 193 Å². The van der Waals surface area contributed by atoms with Gasteiger partial charge in [-0.3, -0.25) is 0 Å².